The number of nitrogen functional groups attached to an aromatic ring is 1. The molecular weight excluding hydrogens is 252 g/mol. The van der Waals surface area contributed by atoms with Crippen molar-refractivity contribution < 1.29 is 9.53 Å². The molecule has 0 spiro atoms. The molecule has 0 fully saturated rings. The van der Waals surface area contributed by atoms with Crippen LogP contribution in [0.3, 0.4) is 0 Å². The molecule has 0 aliphatic rings. The van der Waals surface area contributed by atoms with Gasteiger partial charge in [0.1, 0.15) is 6.10 Å². The van der Waals surface area contributed by atoms with Crippen LogP contribution in [0.2, 0.25) is 0 Å². The van der Waals surface area contributed by atoms with E-state index in [9.17, 15) is 4.79 Å². The molecule has 1 aromatic carbocycles. The number of hydrogen-bond acceptors (Lipinski definition) is 3. The summed E-state index contributed by atoms with van der Waals surface area (Å²) in [6.45, 7) is 7.24. The zero-order valence-electron chi connectivity index (χ0n) is 12.7. The molecule has 0 aliphatic carbocycles. The lowest BCUT2D eigenvalue weighted by molar-refractivity contribution is -0.131. The SMILES string of the molecule is CC(C)CCNC(=O)C(C)OCCc1ccccc1N. The second-order valence-electron chi connectivity index (χ2n) is 5.44. The highest BCUT2D eigenvalue weighted by molar-refractivity contribution is 5.80. The lowest BCUT2D eigenvalue weighted by atomic mass is 10.1. The molecule has 1 unspecified atom stereocenters. The van der Waals surface area contributed by atoms with Crippen molar-refractivity contribution in [1.29, 1.82) is 0 Å². The predicted octanol–water partition coefficient (Wildman–Crippen LogP) is 2.38. The molecule has 3 N–H and O–H groups in total. The van der Waals surface area contributed by atoms with Gasteiger partial charge in [-0.2, -0.15) is 0 Å². The van der Waals surface area contributed by atoms with Crippen molar-refractivity contribution in [3.8, 4) is 0 Å². The van der Waals surface area contributed by atoms with Gasteiger partial charge in [-0.25, -0.2) is 0 Å². The minimum atomic E-state index is -0.424. The lowest BCUT2D eigenvalue weighted by Gasteiger charge is -2.14. The molecule has 0 aliphatic heterocycles. The van der Waals surface area contributed by atoms with Gasteiger partial charge in [-0.3, -0.25) is 4.79 Å². The molecule has 1 atom stereocenters. The van der Waals surface area contributed by atoms with Crippen molar-refractivity contribution in [1.82, 2.24) is 5.32 Å². The Balaban J connectivity index is 2.24. The fraction of sp³-hybridized carbons (Fsp3) is 0.562. The highest BCUT2D eigenvalue weighted by Crippen LogP contribution is 2.11. The molecule has 0 saturated carbocycles. The number of benzene rings is 1. The van der Waals surface area contributed by atoms with E-state index in [1.807, 2.05) is 24.3 Å². The van der Waals surface area contributed by atoms with Crippen LogP contribution in [0.25, 0.3) is 0 Å². The predicted molar refractivity (Wildman–Crippen MR) is 82.4 cm³/mol. The van der Waals surface area contributed by atoms with Gasteiger partial charge in [-0.1, -0.05) is 32.0 Å². The maximum atomic E-state index is 11.8. The summed E-state index contributed by atoms with van der Waals surface area (Å²) in [5.74, 6) is 0.541. The molecular formula is C16H26N2O2. The highest BCUT2D eigenvalue weighted by atomic mass is 16.5. The van der Waals surface area contributed by atoms with Crippen LogP contribution in [-0.4, -0.2) is 25.2 Å². The largest absolute Gasteiger partial charge is 0.399 e. The normalized spacial score (nSPS) is 12.4. The highest BCUT2D eigenvalue weighted by Gasteiger charge is 2.12. The van der Waals surface area contributed by atoms with Crippen LogP contribution < -0.4 is 11.1 Å². The maximum absolute atomic E-state index is 11.8. The summed E-state index contributed by atoms with van der Waals surface area (Å²) in [7, 11) is 0. The first-order valence-corrected chi connectivity index (χ1v) is 7.23. The van der Waals surface area contributed by atoms with Gasteiger partial charge in [0.05, 0.1) is 6.61 Å². The van der Waals surface area contributed by atoms with E-state index in [1.54, 1.807) is 6.92 Å². The molecule has 1 amide bonds. The third-order valence-electron chi connectivity index (χ3n) is 3.18. The smallest absolute Gasteiger partial charge is 0.248 e. The average molecular weight is 278 g/mol. The monoisotopic (exact) mass is 278 g/mol. The van der Waals surface area contributed by atoms with E-state index in [1.165, 1.54) is 0 Å². The third kappa shape index (κ3) is 6.06. The zero-order chi connectivity index (χ0) is 15.0. The average Bonchev–Trinajstić information content (AvgIpc) is 2.40. The molecule has 20 heavy (non-hydrogen) atoms. The van der Waals surface area contributed by atoms with Crippen molar-refractivity contribution in [2.24, 2.45) is 5.92 Å². The molecule has 0 saturated heterocycles. The second kappa shape index (κ2) is 8.59. The van der Waals surface area contributed by atoms with Crippen molar-refractivity contribution in [3.05, 3.63) is 29.8 Å². The number of carbonyl (C=O) groups is 1. The number of para-hydroxylation sites is 1. The number of nitrogens with one attached hydrogen (secondary N) is 1. The Kier molecular flexibility index (Phi) is 7.09. The van der Waals surface area contributed by atoms with E-state index < -0.39 is 6.10 Å². The van der Waals surface area contributed by atoms with Crippen molar-refractivity contribution in [2.45, 2.75) is 39.7 Å². The van der Waals surface area contributed by atoms with E-state index in [4.69, 9.17) is 10.5 Å². The van der Waals surface area contributed by atoms with E-state index in [-0.39, 0.29) is 5.91 Å². The topological polar surface area (TPSA) is 64.3 Å². The molecule has 112 valence electrons. The first-order chi connectivity index (χ1) is 9.50. The number of hydrogen-bond donors (Lipinski definition) is 2. The maximum Gasteiger partial charge on any atom is 0.248 e. The summed E-state index contributed by atoms with van der Waals surface area (Å²) in [6.07, 6.45) is 1.28. The van der Waals surface area contributed by atoms with Crippen LogP contribution in [0.15, 0.2) is 24.3 Å². The van der Waals surface area contributed by atoms with Gasteiger partial charge in [0.15, 0.2) is 0 Å². The van der Waals surface area contributed by atoms with Crippen molar-refractivity contribution in [3.63, 3.8) is 0 Å². The van der Waals surface area contributed by atoms with Crippen LogP contribution in [0, 0.1) is 5.92 Å². The summed E-state index contributed by atoms with van der Waals surface area (Å²) in [6, 6.07) is 7.71. The zero-order valence-corrected chi connectivity index (χ0v) is 12.7. The Bertz CT molecular complexity index is 419. The van der Waals surface area contributed by atoms with E-state index in [2.05, 4.69) is 19.2 Å². The molecule has 0 bridgehead atoms. The Morgan fingerprint density at radius 2 is 2.00 bits per heavy atom. The van der Waals surface area contributed by atoms with Gasteiger partial charge < -0.3 is 15.8 Å². The Morgan fingerprint density at radius 3 is 2.65 bits per heavy atom. The lowest BCUT2D eigenvalue weighted by Crippen LogP contribution is -2.35. The minimum Gasteiger partial charge on any atom is -0.399 e. The van der Waals surface area contributed by atoms with E-state index in [0.29, 0.717) is 19.1 Å². The van der Waals surface area contributed by atoms with Gasteiger partial charge in [0, 0.05) is 12.2 Å². The number of carbonyl (C=O) groups excluding carboxylic acids is 1. The fourth-order valence-electron chi connectivity index (χ4n) is 1.81. The van der Waals surface area contributed by atoms with Crippen molar-refractivity contribution >= 4 is 11.6 Å². The summed E-state index contributed by atoms with van der Waals surface area (Å²) in [5, 5.41) is 2.89. The number of rotatable bonds is 8. The minimum absolute atomic E-state index is 0.0494. The summed E-state index contributed by atoms with van der Waals surface area (Å²) in [5.41, 5.74) is 7.68. The van der Waals surface area contributed by atoms with Crippen LogP contribution in [0.4, 0.5) is 5.69 Å². The first-order valence-electron chi connectivity index (χ1n) is 7.23. The second-order valence-corrected chi connectivity index (χ2v) is 5.44. The summed E-state index contributed by atoms with van der Waals surface area (Å²) in [4.78, 5) is 11.8. The molecule has 0 heterocycles. The van der Waals surface area contributed by atoms with Crippen LogP contribution in [-0.2, 0) is 16.0 Å². The summed E-state index contributed by atoms with van der Waals surface area (Å²) >= 11 is 0. The number of anilines is 1. The third-order valence-corrected chi connectivity index (χ3v) is 3.18. The number of ether oxygens (including phenoxy) is 1. The Hall–Kier alpha value is -1.55. The molecule has 1 rings (SSSR count). The van der Waals surface area contributed by atoms with Gasteiger partial charge >= 0.3 is 0 Å². The molecule has 0 radical (unpaired) electrons. The first kappa shape index (κ1) is 16.5. The molecule has 4 heteroatoms. The van der Waals surface area contributed by atoms with Gasteiger partial charge in [0.25, 0.3) is 0 Å². The van der Waals surface area contributed by atoms with Gasteiger partial charge in [0.2, 0.25) is 5.91 Å². The van der Waals surface area contributed by atoms with Gasteiger partial charge in [-0.05, 0) is 37.3 Å². The standard InChI is InChI=1S/C16H26N2O2/c1-12(2)8-10-18-16(19)13(3)20-11-9-14-6-4-5-7-15(14)17/h4-7,12-13H,8-11,17H2,1-3H3,(H,18,19). The Morgan fingerprint density at radius 1 is 1.30 bits per heavy atom. The molecule has 4 nitrogen and oxygen atoms in total. The number of nitrogens with two attached hydrogens (primary N) is 1. The van der Waals surface area contributed by atoms with Crippen LogP contribution in [0.1, 0.15) is 32.8 Å². The quantitative estimate of drug-likeness (QED) is 0.718. The molecule has 0 aromatic heterocycles. The summed E-state index contributed by atoms with van der Waals surface area (Å²) < 4.78 is 5.55. The fourth-order valence-corrected chi connectivity index (χ4v) is 1.81. The van der Waals surface area contributed by atoms with Crippen LogP contribution >= 0.6 is 0 Å². The number of amides is 1. The van der Waals surface area contributed by atoms with E-state index in [0.717, 1.165) is 24.1 Å². The van der Waals surface area contributed by atoms with E-state index >= 15 is 0 Å². The van der Waals surface area contributed by atoms with Gasteiger partial charge in [-0.15, -0.1) is 0 Å². The van der Waals surface area contributed by atoms with Crippen LogP contribution in [0.5, 0.6) is 0 Å². The van der Waals surface area contributed by atoms with Crippen molar-refractivity contribution in [2.75, 3.05) is 18.9 Å². The molecule has 1 aromatic rings. The Labute approximate surface area is 121 Å².